The number of thiazole rings is 1. The van der Waals surface area contributed by atoms with Gasteiger partial charge in [0.15, 0.2) is 5.69 Å². The van der Waals surface area contributed by atoms with Crippen LogP contribution in [-0.2, 0) is 17.6 Å². The topological polar surface area (TPSA) is 68.5 Å². The van der Waals surface area contributed by atoms with E-state index in [9.17, 15) is 4.79 Å². The van der Waals surface area contributed by atoms with Crippen molar-refractivity contribution in [3.63, 3.8) is 0 Å². The Morgan fingerprint density at radius 2 is 2.26 bits per heavy atom. The lowest BCUT2D eigenvalue weighted by molar-refractivity contribution is -0.00333. The molecule has 2 aromatic heterocycles. The van der Waals surface area contributed by atoms with Crippen molar-refractivity contribution in [2.45, 2.75) is 38.6 Å². The lowest BCUT2D eigenvalue weighted by atomic mass is 9.96. The van der Waals surface area contributed by atoms with Crippen molar-refractivity contribution in [3.05, 3.63) is 33.1 Å². The zero-order valence-corrected chi connectivity index (χ0v) is 13.9. The van der Waals surface area contributed by atoms with Crippen molar-refractivity contribution >= 4 is 17.2 Å². The van der Waals surface area contributed by atoms with Crippen LogP contribution in [0.25, 0.3) is 0 Å². The maximum atomic E-state index is 13.0. The monoisotopic (exact) mass is 333 g/mol. The van der Waals surface area contributed by atoms with Gasteiger partial charge in [-0.05, 0) is 26.2 Å². The molecule has 6 nitrogen and oxygen atoms in total. The van der Waals surface area contributed by atoms with Gasteiger partial charge in [0.25, 0.3) is 5.91 Å². The second kappa shape index (κ2) is 6.05. The molecule has 3 heterocycles. The maximum Gasteiger partial charge on any atom is 0.277 e. The summed E-state index contributed by atoms with van der Waals surface area (Å²) in [6.07, 6.45) is 3.96. The van der Waals surface area contributed by atoms with E-state index in [1.165, 1.54) is 0 Å². The molecule has 0 aromatic carbocycles. The summed E-state index contributed by atoms with van der Waals surface area (Å²) in [4.78, 5) is 19.4. The van der Waals surface area contributed by atoms with Crippen LogP contribution in [0.2, 0.25) is 0 Å². The molecule has 1 aliphatic carbocycles. The summed E-state index contributed by atoms with van der Waals surface area (Å²) in [5.41, 5.74) is 2.46. The van der Waals surface area contributed by atoms with Gasteiger partial charge in [-0.2, -0.15) is 0 Å². The van der Waals surface area contributed by atoms with Gasteiger partial charge in [0.1, 0.15) is 16.8 Å². The molecule has 1 unspecified atom stereocenters. The van der Waals surface area contributed by atoms with E-state index in [4.69, 9.17) is 9.26 Å². The molecule has 1 atom stereocenters. The highest BCUT2D eigenvalue weighted by molar-refractivity contribution is 7.09. The van der Waals surface area contributed by atoms with E-state index >= 15 is 0 Å². The summed E-state index contributed by atoms with van der Waals surface area (Å²) in [6.45, 7) is 3.55. The standard InChI is InChI=1S/C16H19N3O3S/c1-10-9-23-15(17-10)12-8-21-7-6-19(12)16(20)14-11-4-2-3-5-13(11)22-18-14/h9,12H,2-8H2,1H3. The van der Waals surface area contributed by atoms with Crippen molar-refractivity contribution in [1.82, 2.24) is 15.0 Å². The fourth-order valence-corrected chi connectivity index (χ4v) is 4.16. The number of hydrogen-bond acceptors (Lipinski definition) is 6. The number of fused-ring (bicyclic) bond motifs is 1. The summed E-state index contributed by atoms with van der Waals surface area (Å²) in [6, 6.07) is -0.133. The number of morpholine rings is 1. The van der Waals surface area contributed by atoms with Crippen molar-refractivity contribution in [1.29, 1.82) is 0 Å². The Labute approximate surface area is 138 Å². The van der Waals surface area contributed by atoms with Gasteiger partial charge in [-0.25, -0.2) is 4.98 Å². The van der Waals surface area contributed by atoms with Gasteiger partial charge in [-0.3, -0.25) is 4.79 Å². The third kappa shape index (κ3) is 2.68. The van der Waals surface area contributed by atoms with Gasteiger partial charge < -0.3 is 14.2 Å². The Morgan fingerprint density at radius 3 is 3.09 bits per heavy atom. The Hall–Kier alpha value is -1.73. The minimum absolute atomic E-state index is 0.0574. The lowest BCUT2D eigenvalue weighted by Gasteiger charge is -2.34. The van der Waals surface area contributed by atoms with E-state index in [1.807, 2.05) is 17.2 Å². The first kappa shape index (κ1) is 14.8. The second-order valence-corrected chi connectivity index (χ2v) is 6.95. The van der Waals surface area contributed by atoms with Crippen molar-refractivity contribution < 1.29 is 14.1 Å². The SMILES string of the molecule is Cc1csc(C2COCCN2C(=O)c2noc3c2CCCC3)n1. The Morgan fingerprint density at radius 1 is 1.39 bits per heavy atom. The molecule has 2 aliphatic rings. The number of hydrogen-bond donors (Lipinski definition) is 0. The number of amides is 1. The molecule has 7 heteroatoms. The molecule has 0 radical (unpaired) electrons. The summed E-state index contributed by atoms with van der Waals surface area (Å²) in [5.74, 6) is 0.826. The minimum Gasteiger partial charge on any atom is -0.377 e. The molecule has 0 spiro atoms. The van der Waals surface area contributed by atoms with Crippen LogP contribution in [0.3, 0.4) is 0 Å². The van der Waals surface area contributed by atoms with Gasteiger partial charge in [-0.15, -0.1) is 11.3 Å². The van der Waals surface area contributed by atoms with Crippen LogP contribution in [0.15, 0.2) is 9.90 Å². The van der Waals surface area contributed by atoms with Gasteiger partial charge in [0, 0.05) is 29.6 Å². The van der Waals surface area contributed by atoms with Crippen LogP contribution in [0.5, 0.6) is 0 Å². The number of nitrogens with zero attached hydrogens (tertiary/aromatic N) is 3. The molecule has 0 bridgehead atoms. The molecule has 1 amide bonds. The fourth-order valence-electron chi connectivity index (χ4n) is 3.27. The average molecular weight is 333 g/mol. The van der Waals surface area contributed by atoms with Gasteiger partial charge >= 0.3 is 0 Å². The number of carbonyl (C=O) groups excluding carboxylic acids is 1. The first-order valence-corrected chi connectivity index (χ1v) is 8.90. The fraction of sp³-hybridized carbons (Fsp3) is 0.562. The molecule has 0 saturated carbocycles. The van der Waals surface area contributed by atoms with E-state index in [2.05, 4.69) is 10.1 Å². The zero-order chi connectivity index (χ0) is 15.8. The highest BCUT2D eigenvalue weighted by atomic mass is 32.1. The number of aryl methyl sites for hydroxylation is 2. The van der Waals surface area contributed by atoms with E-state index in [-0.39, 0.29) is 11.9 Å². The number of aromatic nitrogens is 2. The summed E-state index contributed by atoms with van der Waals surface area (Å²) in [7, 11) is 0. The smallest absolute Gasteiger partial charge is 0.277 e. The number of ether oxygens (including phenoxy) is 1. The van der Waals surface area contributed by atoms with Crippen molar-refractivity contribution in [2.75, 3.05) is 19.8 Å². The molecule has 0 N–H and O–H groups in total. The predicted octanol–water partition coefficient (Wildman–Crippen LogP) is 2.53. The summed E-state index contributed by atoms with van der Waals surface area (Å²) in [5, 5.41) is 7.01. The van der Waals surface area contributed by atoms with Gasteiger partial charge in [0.05, 0.1) is 13.2 Å². The molecule has 1 fully saturated rings. The minimum atomic E-state index is -0.133. The molecule has 122 valence electrons. The molecule has 23 heavy (non-hydrogen) atoms. The second-order valence-electron chi connectivity index (χ2n) is 6.06. The first-order valence-electron chi connectivity index (χ1n) is 8.02. The highest BCUT2D eigenvalue weighted by Gasteiger charge is 2.35. The summed E-state index contributed by atoms with van der Waals surface area (Å²) < 4.78 is 11.0. The Kier molecular flexibility index (Phi) is 3.90. The van der Waals surface area contributed by atoms with Crippen LogP contribution in [0.1, 0.15) is 51.4 Å². The third-order valence-electron chi connectivity index (χ3n) is 4.46. The van der Waals surface area contributed by atoms with E-state index < -0.39 is 0 Å². The third-order valence-corrected chi connectivity index (χ3v) is 5.53. The van der Waals surface area contributed by atoms with Crippen molar-refractivity contribution in [2.24, 2.45) is 0 Å². The van der Waals surface area contributed by atoms with Gasteiger partial charge in [0.2, 0.25) is 0 Å². The molecular weight excluding hydrogens is 314 g/mol. The number of carbonyl (C=O) groups is 1. The average Bonchev–Trinajstić information content (AvgIpc) is 3.20. The lowest BCUT2D eigenvalue weighted by Crippen LogP contribution is -2.43. The Bertz CT molecular complexity index is 724. The maximum absolute atomic E-state index is 13.0. The molecule has 1 aliphatic heterocycles. The van der Waals surface area contributed by atoms with Crippen LogP contribution in [0.4, 0.5) is 0 Å². The predicted molar refractivity (Wildman–Crippen MR) is 84.6 cm³/mol. The first-order chi connectivity index (χ1) is 11.2. The van der Waals surface area contributed by atoms with Crippen LogP contribution in [-0.4, -0.2) is 40.7 Å². The molecule has 2 aromatic rings. The largest absolute Gasteiger partial charge is 0.377 e. The van der Waals surface area contributed by atoms with E-state index in [1.54, 1.807) is 11.3 Å². The molecule has 1 saturated heterocycles. The molecular formula is C16H19N3O3S. The Balaban J connectivity index is 1.64. The van der Waals surface area contributed by atoms with Gasteiger partial charge in [-0.1, -0.05) is 5.16 Å². The normalized spacial score (nSPS) is 21.3. The number of rotatable bonds is 2. The van der Waals surface area contributed by atoms with Crippen molar-refractivity contribution in [3.8, 4) is 0 Å². The molecule has 4 rings (SSSR count). The summed E-state index contributed by atoms with van der Waals surface area (Å²) >= 11 is 1.57. The quantitative estimate of drug-likeness (QED) is 0.845. The van der Waals surface area contributed by atoms with Crippen LogP contribution in [0, 0.1) is 6.92 Å². The van der Waals surface area contributed by atoms with E-state index in [0.717, 1.165) is 47.7 Å². The highest BCUT2D eigenvalue weighted by Crippen LogP contribution is 2.31. The zero-order valence-electron chi connectivity index (χ0n) is 13.1. The van der Waals surface area contributed by atoms with Crippen LogP contribution >= 0.6 is 11.3 Å². The van der Waals surface area contributed by atoms with Crippen LogP contribution < -0.4 is 0 Å². The van der Waals surface area contributed by atoms with E-state index in [0.29, 0.717) is 25.5 Å².